The molecule has 0 saturated carbocycles. The number of hydrogen-bond acceptors (Lipinski definition) is 3. The molecule has 0 radical (unpaired) electrons. The van der Waals surface area contributed by atoms with Gasteiger partial charge < -0.3 is 16.2 Å². The van der Waals surface area contributed by atoms with Crippen molar-refractivity contribution in [3.63, 3.8) is 0 Å². The Morgan fingerprint density at radius 3 is 2.38 bits per heavy atom. The number of carbonyl (C=O) groups excluding carboxylic acids is 2. The summed E-state index contributed by atoms with van der Waals surface area (Å²) in [5.74, 6) is -3.16. The van der Waals surface area contributed by atoms with Gasteiger partial charge in [0.15, 0.2) is 0 Å². The molecule has 4 N–H and O–H groups in total. The molecule has 0 heterocycles. The van der Waals surface area contributed by atoms with Crippen LogP contribution in [0.5, 0.6) is 0 Å². The van der Waals surface area contributed by atoms with Gasteiger partial charge in [-0.05, 0) is 23.6 Å². The molecule has 0 saturated heterocycles. The van der Waals surface area contributed by atoms with E-state index in [9.17, 15) is 18.8 Å². The van der Waals surface area contributed by atoms with Crippen molar-refractivity contribution in [1.82, 2.24) is 0 Å². The zero-order valence-electron chi connectivity index (χ0n) is 11.8. The molecule has 2 amide bonds. The second kappa shape index (κ2) is 6.34. The highest BCUT2D eigenvalue weighted by Gasteiger charge is 2.25. The molecular formula is C14H17FN2O4. The van der Waals surface area contributed by atoms with Crippen LogP contribution in [0.15, 0.2) is 18.2 Å². The van der Waals surface area contributed by atoms with E-state index in [1.165, 1.54) is 12.1 Å². The highest BCUT2D eigenvalue weighted by molar-refractivity contribution is 5.95. The lowest BCUT2D eigenvalue weighted by molar-refractivity contribution is -0.139. The Morgan fingerprint density at radius 2 is 1.90 bits per heavy atom. The lowest BCUT2D eigenvalue weighted by Crippen LogP contribution is -2.25. The Kier molecular flexibility index (Phi) is 5.02. The van der Waals surface area contributed by atoms with E-state index in [4.69, 9.17) is 10.8 Å². The summed E-state index contributed by atoms with van der Waals surface area (Å²) in [4.78, 5) is 33.4. The number of carboxylic acid groups (broad SMARTS) is 1. The number of anilines is 1. The number of aliphatic carboxylic acids is 1. The molecule has 21 heavy (non-hydrogen) atoms. The number of hydrogen-bond donors (Lipinski definition) is 3. The van der Waals surface area contributed by atoms with Crippen molar-refractivity contribution in [3.05, 3.63) is 29.6 Å². The van der Waals surface area contributed by atoms with Gasteiger partial charge in [-0.3, -0.25) is 14.4 Å². The van der Waals surface area contributed by atoms with Crippen LogP contribution in [0.2, 0.25) is 0 Å². The van der Waals surface area contributed by atoms with Gasteiger partial charge in [-0.15, -0.1) is 0 Å². The van der Waals surface area contributed by atoms with Crippen LogP contribution in [0.3, 0.4) is 0 Å². The van der Waals surface area contributed by atoms with Gasteiger partial charge in [0, 0.05) is 12.1 Å². The maximum atomic E-state index is 13.5. The number of rotatable bonds is 6. The molecule has 1 aromatic carbocycles. The van der Waals surface area contributed by atoms with Crippen LogP contribution < -0.4 is 11.1 Å². The SMILES string of the molecule is CC(C)(CC(=O)O)CC(=O)Nc1ccc(C(N)=O)c(F)c1. The molecule has 1 rings (SSSR count). The number of carbonyl (C=O) groups is 3. The summed E-state index contributed by atoms with van der Waals surface area (Å²) in [7, 11) is 0. The number of benzene rings is 1. The molecule has 7 heteroatoms. The van der Waals surface area contributed by atoms with Gasteiger partial charge in [-0.2, -0.15) is 0 Å². The summed E-state index contributed by atoms with van der Waals surface area (Å²) in [6, 6.07) is 3.52. The third kappa shape index (κ3) is 5.21. The summed E-state index contributed by atoms with van der Waals surface area (Å²) in [5, 5.41) is 11.2. The van der Waals surface area contributed by atoms with Gasteiger partial charge in [0.05, 0.1) is 12.0 Å². The fourth-order valence-corrected chi connectivity index (χ4v) is 1.90. The van der Waals surface area contributed by atoms with Crippen LogP contribution >= 0.6 is 0 Å². The van der Waals surface area contributed by atoms with Crippen LogP contribution in [0, 0.1) is 11.2 Å². The zero-order valence-corrected chi connectivity index (χ0v) is 11.8. The smallest absolute Gasteiger partial charge is 0.303 e. The number of nitrogens with two attached hydrogens (primary N) is 1. The molecule has 0 fully saturated rings. The van der Waals surface area contributed by atoms with E-state index in [2.05, 4.69) is 5.32 Å². The lowest BCUT2D eigenvalue weighted by atomic mass is 9.85. The monoisotopic (exact) mass is 296 g/mol. The highest BCUT2D eigenvalue weighted by Crippen LogP contribution is 2.25. The maximum absolute atomic E-state index is 13.5. The molecule has 114 valence electrons. The molecule has 1 aromatic rings. The third-order valence-corrected chi connectivity index (χ3v) is 2.79. The standard InChI is InChI=1S/C14H17FN2O4/c1-14(2,7-12(19)20)6-11(18)17-8-3-4-9(13(16)21)10(15)5-8/h3-5H,6-7H2,1-2H3,(H2,16,21)(H,17,18)(H,19,20). The Labute approximate surface area is 121 Å². The molecule has 0 aliphatic rings. The average Bonchev–Trinajstić information content (AvgIpc) is 2.24. The maximum Gasteiger partial charge on any atom is 0.303 e. The van der Waals surface area contributed by atoms with Crippen LogP contribution in [0.1, 0.15) is 37.0 Å². The third-order valence-electron chi connectivity index (χ3n) is 2.79. The van der Waals surface area contributed by atoms with Gasteiger partial charge in [0.1, 0.15) is 5.82 Å². The first kappa shape index (κ1) is 16.6. The minimum absolute atomic E-state index is 0.0293. The van der Waals surface area contributed by atoms with Crippen LogP contribution in [-0.2, 0) is 9.59 Å². The summed E-state index contributed by atoms with van der Waals surface area (Å²) >= 11 is 0. The number of carboxylic acids is 1. The van der Waals surface area contributed by atoms with E-state index in [1.807, 2.05) is 0 Å². The molecule has 0 spiro atoms. The summed E-state index contributed by atoms with van der Waals surface area (Å²) in [6.45, 7) is 3.30. The van der Waals surface area contributed by atoms with Gasteiger partial charge in [-0.1, -0.05) is 13.8 Å². The number of halogens is 1. The molecule has 6 nitrogen and oxygen atoms in total. The predicted octanol–water partition coefficient (Wildman–Crippen LogP) is 1.75. The molecule has 0 aliphatic heterocycles. The Morgan fingerprint density at radius 1 is 1.29 bits per heavy atom. The Balaban J connectivity index is 2.73. The van der Waals surface area contributed by atoms with Gasteiger partial charge in [0.25, 0.3) is 5.91 Å². The zero-order chi connectivity index (χ0) is 16.2. The molecule has 0 unspecified atom stereocenters. The van der Waals surface area contributed by atoms with E-state index < -0.39 is 29.0 Å². The number of nitrogens with one attached hydrogen (secondary N) is 1. The second-order valence-electron chi connectivity index (χ2n) is 5.52. The average molecular weight is 296 g/mol. The van der Waals surface area contributed by atoms with E-state index in [1.54, 1.807) is 13.8 Å². The van der Waals surface area contributed by atoms with Crippen molar-refractivity contribution in [3.8, 4) is 0 Å². The van der Waals surface area contributed by atoms with Crippen molar-refractivity contribution >= 4 is 23.5 Å². The molecule has 0 atom stereocenters. The van der Waals surface area contributed by atoms with E-state index >= 15 is 0 Å². The fourth-order valence-electron chi connectivity index (χ4n) is 1.90. The van der Waals surface area contributed by atoms with Crippen LogP contribution in [0.25, 0.3) is 0 Å². The highest BCUT2D eigenvalue weighted by atomic mass is 19.1. The van der Waals surface area contributed by atoms with E-state index in [0.717, 1.165) is 6.07 Å². The molecular weight excluding hydrogens is 279 g/mol. The van der Waals surface area contributed by atoms with Crippen molar-refractivity contribution in [1.29, 1.82) is 0 Å². The molecule has 0 bridgehead atoms. The normalized spacial score (nSPS) is 11.0. The topological polar surface area (TPSA) is 109 Å². The first-order valence-corrected chi connectivity index (χ1v) is 6.22. The van der Waals surface area contributed by atoms with Crippen molar-refractivity contribution in [2.75, 3.05) is 5.32 Å². The van der Waals surface area contributed by atoms with Crippen molar-refractivity contribution in [2.24, 2.45) is 11.1 Å². The molecule has 0 aliphatic carbocycles. The Bertz CT molecular complexity index is 584. The largest absolute Gasteiger partial charge is 0.481 e. The number of amides is 2. The van der Waals surface area contributed by atoms with Gasteiger partial charge >= 0.3 is 5.97 Å². The van der Waals surface area contributed by atoms with E-state index in [0.29, 0.717) is 0 Å². The minimum Gasteiger partial charge on any atom is -0.481 e. The quantitative estimate of drug-likeness (QED) is 0.742. The summed E-state index contributed by atoms with van der Waals surface area (Å²) in [5.41, 5.74) is 4.16. The van der Waals surface area contributed by atoms with Crippen molar-refractivity contribution in [2.45, 2.75) is 26.7 Å². The second-order valence-corrected chi connectivity index (χ2v) is 5.52. The summed E-state index contributed by atoms with van der Waals surface area (Å²) in [6.07, 6.45) is -0.187. The lowest BCUT2D eigenvalue weighted by Gasteiger charge is -2.21. The Hall–Kier alpha value is -2.44. The van der Waals surface area contributed by atoms with Gasteiger partial charge in [-0.25, -0.2) is 4.39 Å². The van der Waals surface area contributed by atoms with Crippen molar-refractivity contribution < 1.29 is 23.9 Å². The predicted molar refractivity (Wildman–Crippen MR) is 74.2 cm³/mol. The van der Waals surface area contributed by atoms with Gasteiger partial charge in [0.2, 0.25) is 5.91 Å². The first-order chi connectivity index (χ1) is 9.60. The first-order valence-electron chi connectivity index (χ1n) is 6.22. The minimum atomic E-state index is -0.996. The molecule has 0 aromatic heterocycles. The fraction of sp³-hybridized carbons (Fsp3) is 0.357. The van der Waals surface area contributed by atoms with Crippen LogP contribution in [-0.4, -0.2) is 22.9 Å². The van der Waals surface area contributed by atoms with E-state index in [-0.39, 0.29) is 24.1 Å². The number of primary amides is 1. The van der Waals surface area contributed by atoms with Crippen LogP contribution in [0.4, 0.5) is 10.1 Å². The summed E-state index contributed by atoms with van der Waals surface area (Å²) < 4.78 is 13.5.